The molecule has 1 saturated heterocycles. The van der Waals surface area contributed by atoms with E-state index in [0.717, 1.165) is 30.2 Å². The molecule has 2 nitrogen and oxygen atoms in total. The molecule has 0 radical (unpaired) electrons. The fraction of sp³-hybridized carbons (Fsp3) is 0.429. The van der Waals surface area contributed by atoms with Crippen molar-refractivity contribution < 1.29 is 0 Å². The first kappa shape index (κ1) is 12.6. The van der Waals surface area contributed by atoms with Gasteiger partial charge in [-0.2, -0.15) is 0 Å². The first-order valence-electron chi connectivity index (χ1n) is 6.07. The second-order valence-corrected chi connectivity index (χ2v) is 4.93. The van der Waals surface area contributed by atoms with Gasteiger partial charge in [-0.15, -0.1) is 0 Å². The summed E-state index contributed by atoms with van der Waals surface area (Å²) in [5.74, 6) is 0. The Bertz CT molecular complexity index is 382. The summed E-state index contributed by atoms with van der Waals surface area (Å²) in [6.45, 7) is 5.66. The van der Waals surface area contributed by atoms with E-state index < -0.39 is 0 Å². The van der Waals surface area contributed by atoms with Crippen LogP contribution in [0.5, 0.6) is 0 Å². The Balaban J connectivity index is 1.84. The van der Waals surface area contributed by atoms with Gasteiger partial charge in [-0.25, -0.2) is 0 Å². The maximum absolute atomic E-state index is 6.09. The van der Waals surface area contributed by atoms with E-state index in [1.807, 2.05) is 24.3 Å². The zero-order valence-corrected chi connectivity index (χ0v) is 11.0. The summed E-state index contributed by atoms with van der Waals surface area (Å²) < 4.78 is 0. The molecule has 1 heterocycles. The maximum Gasteiger partial charge on any atom is 0.0478 e. The van der Waals surface area contributed by atoms with Crippen molar-refractivity contribution in [3.63, 3.8) is 0 Å². The van der Waals surface area contributed by atoms with Crippen LogP contribution in [0.1, 0.15) is 5.56 Å². The molecule has 0 atom stereocenters. The average Bonchev–Trinajstić information content (AvgIpc) is 2.34. The number of piperazine rings is 1. The van der Waals surface area contributed by atoms with Gasteiger partial charge in [-0.3, -0.25) is 4.90 Å². The van der Waals surface area contributed by atoms with Gasteiger partial charge in [0.05, 0.1) is 0 Å². The van der Waals surface area contributed by atoms with Gasteiger partial charge in [0.25, 0.3) is 0 Å². The van der Waals surface area contributed by atoms with Crippen molar-refractivity contribution in [3.8, 4) is 0 Å². The van der Waals surface area contributed by atoms with Crippen LogP contribution >= 0.6 is 11.6 Å². The molecule has 1 aliphatic rings. The van der Waals surface area contributed by atoms with Crippen LogP contribution < -0.4 is 0 Å². The number of halogens is 1. The Morgan fingerprint density at radius 2 is 1.88 bits per heavy atom. The van der Waals surface area contributed by atoms with Crippen molar-refractivity contribution in [1.82, 2.24) is 9.80 Å². The molecule has 0 amide bonds. The van der Waals surface area contributed by atoms with Gasteiger partial charge >= 0.3 is 0 Å². The molecule has 0 unspecified atom stereocenters. The molecule has 1 aromatic rings. The lowest BCUT2D eigenvalue weighted by Gasteiger charge is -2.31. The SMILES string of the molecule is CN1CCN(C/C=C/c2ccccc2Cl)CC1. The van der Waals surface area contributed by atoms with E-state index in [9.17, 15) is 0 Å². The molecule has 0 spiro atoms. The van der Waals surface area contributed by atoms with Crippen LogP contribution in [0.25, 0.3) is 6.08 Å². The van der Waals surface area contributed by atoms with Crippen molar-refractivity contribution in [2.24, 2.45) is 0 Å². The van der Waals surface area contributed by atoms with E-state index in [-0.39, 0.29) is 0 Å². The Morgan fingerprint density at radius 3 is 2.59 bits per heavy atom. The van der Waals surface area contributed by atoms with Crippen molar-refractivity contribution in [2.75, 3.05) is 39.8 Å². The molecule has 0 N–H and O–H groups in total. The quantitative estimate of drug-likeness (QED) is 0.814. The molecule has 1 fully saturated rings. The number of hydrogen-bond donors (Lipinski definition) is 0. The third kappa shape index (κ3) is 3.84. The highest BCUT2D eigenvalue weighted by atomic mass is 35.5. The molecule has 1 aromatic carbocycles. The number of rotatable bonds is 3. The van der Waals surface area contributed by atoms with Crippen LogP contribution in [0.2, 0.25) is 5.02 Å². The summed E-state index contributed by atoms with van der Waals surface area (Å²) in [7, 11) is 2.18. The first-order chi connectivity index (χ1) is 8.25. The second-order valence-electron chi connectivity index (χ2n) is 4.53. The molecular weight excluding hydrogens is 232 g/mol. The lowest BCUT2D eigenvalue weighted by molar-refractivity contribution is 0.167. The fourth-order valence-electron chi connectivity index (χ4n) is 1.97. The average molecular weight is 251 g/mol. The minimum Gasteiger partial charge on any atom is -0.304 e. The highest BCUT2D eigenvalue weighted by molar-refractivity contribution is 6.32. The van der Waals surface area contributed by atoms with Crippen molar-refractivity contribution >= 4 is 17.7 Å². The van der Waals surface area contributed by atoms with Gasteiger partial charge in [0.1, 0.15) is 0 Å². The molecule has 0 saturated carbocycles. The molecular formula is C14H19ClN2. The van der Waals surface area contributed by atoms with Crippen LogP contribution in [0.15, 0.2) is 30.3 Å². The standard InChI is InChI=1S/C14H19ClN2/c1-16-9-11-17(12-10-16)8-4-6-13-5-2-3-7-14(13)15/h2-7H,8-12H2,1H3/b6-4+. The Hall–Kier alpha value is -0.830. The van der Waals surface area contributed by atoms with Crippen LogP contribution in [0.4, 0.5) is 0 Å². The maximum atomic E-state index is 6.09. The molecule has 3 heteroatoms. The van der Waals surface area contributed by atoms with Gasteiger partial charge in [-0.05, 0) is 18.7 Å². The first-order valence-corrected chi connectivity index (χ1v) is 6.45. The smallest absolute Gasteiger partial charge is 0.0478 e. The van der Waals surface area contributed by atoms with E-state index in [2.05, 4.69) is 29.0 Å². The van der Waals surface area contributed by atoms with Gasteiger partial charge in [0, 0.05) is 37.7 Å². The van der Waals surface area contributed by atoms with E-state index in [1.165, 1.54) is 13.1 Å². The summed E-state index contributed by atoms with van der Waals surface area (Å²) in [4.78, 5) is 4.83. The topological polar surface area (TPSA) is 6.48 Å². The summed E-state index contributed by atoms with van der Waals surface area (Å²) >= 11 is 6.09. The highest BCUT2D eigenvalue weighted by Crippen LogP contribution is 2.16. The second kappa shape index (κ2) is 6.20. The predicted octanol–water partition coefficient (Wildman–Crippen LogP) is 2.60. The zero-order chi connectivity index (χ0) is 12.1. The summed E-state index contributed by atoms with van der Waals surface area (Å²) in [5, 5.41) is 0.821. The summed E-state index contributed by atoms with van der Waals surface area (Å²) in [6, 6.07) is 7.95. The lowest BCUT2D eigenvalue weighted by atomic mass is 10.2. The van der Waals surface area contributed by atoms with Crippen LogP contribution in [0, 0.1) is 0 Å². The Kier molecular flexibility index (Phi) is 4.60. The largest absolute Gasteiger partial charge is 0.304 e. The van der Waals surface area contributed by atoms with Gasteiger partial charge in [0.2, 0.25) is 0 Å². The van der Waals surface area contributed by atoms with E-state index >= 15 is 0 Å². The zero-order valence-electron chi connectivity index (χ0n) is 10.3. The van der Waals surface area contributed by atoms with Crippen LogP contribution in [0.3, 0.4) is 0 Å². The van der Waals surface area contributed by atoms with Crippen molar-refractivity contribution in [2.45, 2.75) is 0 Å². The van der Waals surface area contributed by atoms with Gasteiger partial charge in [-0.1, -0.05) is 42.0 Å². The molecule has 92 valence electrons. The van der Waals surface area contributed by atoms with E-state index in [1.54, 1.807) is 0 Å². The molecule has 17 heavy (non-hydrogen) atoms. The number of benzene rings is 1. The highest BCUT2D eigenvalue weighted by Gasteiger charge is 2.11. The summed E-state index contributed by atoms with van der Waals surface area (Å²) in [6.07, 6.45) is 4.31. The number of hydrogen-bond acceptors (Lipinski definition) is 2. The Morgan fingerprint density at radius 1 is 1.18 bits per heavy atom. The number of nitrogens with zero attached hydrogens (tertiary/aromatic N) is 2. The molecule has 0 aromatic heterocycles. The molecule has 0 aliphatic carbocycles. The van der Waals surface area contributed by atoms with Gasteiger partial charge < -0.3 is 4.90 Å². The number of likely N-dealkylation sites (N-methyl/N-ethyl adjacent to an activating group) is 1. The monoisotopic (exact) mass is 250 g/mol. The molecule has 0 bridgehead atoms. The predicted molar refractivity (Wildman–Crippen MR) is 74.4 cm³/mol. The van der Waals surface area contributed by atoms with Crippen LogP contribution in [-0.4, -0.2) is 49.6 Å². The van der Waals surface area contributed by atoms with E-state index in [4.69, 9.17) is 11.6 Å². The van der Waals surface area contributed by atoms with Crippen molar-refractivity contribution in [3.05, 3.63) is 40.9 Å². The summed E-state index contributed by atoms with van der Waals surface area (Å²) in [5.41, 5.74) is 1.10. The third-order valence-corrected chi connectivity index (χ3v) is 3.51. The lowest BCUT2D eigenvalue weighted by Crippen LogP contribution is -2.44. The van der Waals surface area contributed by atoms with Gasteiger partial charge in [0.15, 0.2) is 0 Å². The van der Waals surface area contributed by atoms with Crippen LogP contribution in [-0.2, 0) is 0 Å². The normalized spacial score (nSPS) is 18.9. The Labute approximate surface area is 108 Å². The minimum absolute atomic E-state index is 0.821. The minimum atomic E-state index is 0.821. The molecule has 1 aliphatic heterocycles. The van der Waals surface area contributed by atoms with Crippen molar-refractivity contribution in [1.29, 1.82) is 0 Å². The third-order valence-electron chi connectivity index (χ3n) is 3.16. The van der Waals surface area contributed by atoms with E-state index in [0.29, 0.717) is 0 Å². The molecule has 2 rings (SSSR count). The fourth-order valence-corrected chi connectivity index (χ4v) is 2.17.